The lowest BCUT2D eigenvalue weighted by Crippen LogP contribution is -2.62. The van der Waals surface area contributed by atoms with Crippen molar-refractivity contribution in [2.24, 2.45) is 0 Å². The number of hydrogen-bond donors (Lipinski definition) is 18. The Morgan fingerprint density at radius 3 is 1.45 bits per heavy atom. The third-order valence-corrected chi connectivity index (χ3v) is 15.4. The van der Waals surface area contributed by atoms with Gasteiger partial charge in [-0.15, -0.1) is 11.6 Å². The van der Waals surface area contributed by atoms with Crippen LogP contribution in [0.25, 0.3) is 0 Å². The number of allylic oxidation sites excluding steroid dienone is 1. The summed E-state index contributed by atoms with van der Waals surface area (Å²) in [5.74, 6) is -22.6. The summed E-state index contributed by atoms with van der Waals surface area (Å²) in [5.41, 5.74) is -0.916. The summed E-state index contributed by atoms with van der Waals surface area (Å²) < 4.78 is 33.2. The first-order valence-corrected chi connectivity index (χ1v) is 34.5. The highest BCUT2D eigenvalue weighted by molar-refractivity contribution is 6.18. The number of halogens is 1. The van der Waals surface area contributed by atoms with E-state index in [9.17, 15) is 117 Å². The Kier molecular flexibility index (Phi) is 46.6. The molecular weight excluding hydrogens is 1460 g/mol. The second-order valence-corrected chi connectivity index (χ2v) is 24.1. The fourth-order valence-electron chi connectivity index (χ4n) is 9.35. The van der Waals surface area contributed by atoms with Crippen LogP contribution in [0.3, 0.4) is 0 Å². The van der Waals surface area contributed by atoms with Crippen molar-refractivity contribution in [1.29, 1.82) is 0 Å². The normalized spacial score (nSPS) is 21.1. The molecule has 1 aliphatic heterocycles. The highest BCUT2D eigenvalue weighted by Crippen LogP contribution is 2.15. The average Bonchev–Trinajstić information content (AvgIpc) is 0.843. The summed E-state index contributed by atoms with van der Waals surface area (Å²) in [6, 6.07) is -18.0. The lowest BCUT2D eigenvalue weighted by Gasteiger charge is -2.29. The van der Waals surface area contributed by atoms with Crippen molar-refractivity contribution < 1.29 is 150 Å². The summed E-state index contributed by atoms with van der Waals surface area (Å²) >= 11 is 5.91. The first kappa shape index (κ1) is 94.7. The van der Waals surface area contributed by atoms with Gasteiger partial charge in [-0.05, 0) is 52.4 Å². The summed E-state index contributed by atoms with van der Waals surface area (Å²) in [4.78, 5) is 239. The number of hydrogen-bond acceptors (Lipinski definition) is 29. The number of esters is 4. The predicted octanol–water partition coefficient (Wildman–Crippen LogP) is -4.29. The van der Waals surface area contributed by atoms with Crippen LogP contribution in [-0.4, -0.2) is 263 Å². The molecule has 3 unspecified atom stereocenters. The van der Waals surface area contributed by atoms with E-state index >= 15 is 0 Å². The van der Waals surface area contributed by atoms with E-state index < -0.39 is 264 Å². The molecule has 0 aromatic rings. The van der Waals surface area contributed by atoms with Crippen molar-refractivity contribution >= 4 is 119 Å². The maximum absolute atomic E-state index is 14.7. The van der Waals surface area contributed by atoms with E-state index in [1.165, 1.54) is 0 Å². The van der Waals surface area contributed by atoms with E-state index in [4.69, 9.17) is 30.5 Å². The van der Waals surface area contributed by atoms with Crippen molar-refractivity contribution in [1.82, 2.24) is 63.8 Å². The lowest BCUT2D eigenvalue weighted by atomic mass is 10.0. The average molecular weight is 1560 g/mol. The van der Waals surface area contributed by atoms with Crippen molar-refractivity contribution in [2.75, 3.05) is 52.5 Å². The summed E-state index contributed by atoms with van der Waals surface area (Å²) in [6.45, 7) is 1.50. The zero-order valence-corrected chi connectivity index (χ0v) is 60.7. The number of alkyl carbamates (subject to hydrolysis) is 3. The van der Waals surface area contributed by atoms with Crippen molar-refractivity contribution in [2.45, 2.75) is 223 Å². The van der Waals surface area contributed by atoms with E-state index in [0.29, 0.717) is 12.8 Å². The van der Waals surface area contributed by atoms with E-state index in [-0.39, 0.29) is 25.8 Å². The zero-order chi connectivity index (χ0) is 80.7. The number of carboxylic acids is 2. The van der Waals surface area contributed by atoms with Gasteiger partial charge in [0, 0.05) is 40.4 Å². The number of aliphatic hydroxyl groups excluding tert-OH is 4. The van der Waals surface area contributed by atoms with Crippen molar-refractivity contribution in [3.63, 3.8) is 0 Å². The maximum atomic E-state index is 14.7. The topological polar surface area (TPSA) is 638 Å². The van der Waals surface area contributed by atoms with Crippen LogP contribution >= 0.6 is 11.6 Å². The van der Waals surface area contributed by atoms with Gasteiger partial charge in [0.1, 0.15) is 54.6 Å². The summed E-state index contributed by atoms with van der Waals surface area (Å²) in [7, 11) is 0. The Balaban J connectivity index is 4.39. The molecule has 0 spiro atoms. The number of ether oxygens (including phenoxy) is 7. The molecule has 107 heavy (non-hydrogen) atoms. The van der Waals surface area contributed by atoms with Crippen molar-refractivity contribution in [3.05, 3.63) is 11.8 Å². The molecule has 1 rings (SSSR count). The first-order valence-electron chi connectivity index (χ1n) is 34.0. The second-order valence-electron chi connectivity index (χ2n) is 23.8. The molecule has 44 heteroatoms. The molecule has 0 saturated carbocycles. The molecule has 604 valence electrons. The Morgan fingerprint density at radius 2 is 0.981 bits per heavy atom. The largest absolute Gasteiger partial charge is 0.481 e. The fraction of sp³-hybridized carbons (Fsp3) is 0.683. The number of unbranched alkanes of at least 4 members (excludes halogenated alkanes) is 9. The molecule has 0 aromatic carbocycles. The van der Waals surface area contributed by atoms with E-state index in [1.54, 1.807) is 0 Å². The van der Waals surface area contributed by atoms with Gasteiger partial charge >= 0.3 is 54.1 Å². The predicted molar refractivity (Wildman–Crippen MR) is 362 cm³/mol. The van der Waals surface area contributed by atoms with Crippen LogP contribution in [0.4, 0.5) is 14.4 Å². The van der Waals surface area contributed by atoms with Crippen LogP contribution in [0.5, 0.6) is 0 Å². The van der Waals surface area contributed by atoms with Gasteiger partial charge < -0.3 is 128 Å². The number of amides is 12. The Labute approximate surface area is 618 Å². The number of aliphatic hydroxyl groups is 4. The van der Waals surface area contributed by atoms with Crippen molar-refractivity contribution in [3.8, 4) is 0 Å². The quantitative estimate of drug-likeness (QED) is 0.00699. The smallest absolute Gasteiger partial charge is 0.410 e. The van der Waals surface area contributed by atoms with Crippen LogP contribution in [0.2, 0.25) is 0 Å². The number of nitrogens with one attached hydrogen (secondary N) is 12. The highest BCUT2D eigenvalue weighted by Gasteiger charge is 2.41. The first-order chi connectivity index (χ1) is 50.5. The minimum absolute atomic E-state index is 0.0712. The minimum atomic E-state index is -2.95. The SMILES string of the molecule is C/C=C1\NC(=O)[C@H](C(C)O)NC(=O)[C@H](CCNC(=O)OCOC(C)=O)NC(=O)[C@H](CCCCNC(=O)OCOC(C)=O)NC(=O)[C@H](CC(=O)O)NC(=O)[C@@H](CCNC(=O)OCOC(C)=O)NC(=O)[C@@H](NC(=O)C[C@H](O)CCCCCCCCCCC)COC(=O)[C@H](C(O)CCl)NC(=O)[C@H](C(O)C(=O)O)NC1=O. The number of alkyl halides is 1. The number of rotatable bonds is 37. The van der Waals surface area contributed by atoms with Gasteiger partial charge in [0.15, 0.2) is 12.1 Å². The van der Waals surface area contributed by atoms with Crippen LogP contribution in [0, 0.1) is 0 Å². The number of aliphatic carboxylic acids is 2. The third-order valence-electron chi connectivity index (χ3n) is 15.1. The molecule has 18 N–H and O–H groups in total. The number of carboxylic acid groups (broad SMARTS) is 2. The Bertz CT molecular complexity index is 3050. The van der Waals surface area contributed by atoms with Gasteiger partial charge in [0.2, 0.25) is 67.6 Å². The van der Waals surface area contributed by atoms with E-state index in [2.05, 4.69) is 69.0 Å². The van der Waals surface area contributed by atoms with Gasteiger partial charge in [0.05, 0.1) is 37.0 Å². The maximum Gasteiger partial charge on any atom is 0.410 e. The summed E-state index contributed by atoms with van der Waals surface area (Å²) in [5, 5.41) is 89.3. The minimum Gasteiger partial charge on any atom is -0.481 e. The van der Waals surface area contributed by atoms with Crippen LogP contribution < -0.4 is 63.8 Å². The van der Waals surface area contributed by atoms with Crippen LogP contribution in [-0.2, 0) is 105 Å². The lowest BCUT2D eigenvalue weighted by molar-refractivity contribution is -0.155. The molecule has 12 atom stereocenters. The molecule has 0 aromatic heterocycles. The van der Waals surface area contributed by atoms with Gasteiger partial charge in [-0.3, -0.25) is 62.3 Å². The second kappa shape index (κ2) is 52.7. The summed E-state index contributed by atoms with van der Waals surface area (Å²) in [6.07, 6.45) is -7.58. The molecule has 0 aliphatic carbocycles. The molecule has 1 saturated heterocycles. The van der Waals surface area contributed by atoms with Gasteiger partial charge in [-0.25, -0.2) is 24.0 Å². The number of carbonyl (C=O) groups excluding carboxylic acids is 16. The van der Waals surface area contributed by atoms with Gasteiger partial charge in [-0.1, -0.05) is 70.8 Å². The molecular formula is C63H99ClN12O31. The molecule has 1 heterocycles. The van der Waals surface area contributed by atoms with E-state index in [1.807, 2.05) is 16.0 Å². The molecule has 43 nitrogen and oxygen atoms in total. The number of carbonyl (C=O) groups is 18. The third kappa shape index (κ3) is 40.7. The molecule has 1 aliphatic rings. The molecule has 0 bridgehead atoms. The molecule has 1 fully saturated rings. The van der Waals surface area contributed by atoms with Crippen LogP contribution in [0.15, 0.2) is 11.8 Å². The molecule has 0 radical (unpaired) electrons. The van der Waals surface area contributed by atoms with E-state index in [0.717, 1.165) is 85.6 Å². The van der Waals surface area contributed by atoms with Crippen LogP contribution in [0.1, 0.15) is 151 Å². The number of cyclic esters (lactones) is 1. The Hall–Kier alpha value is -10.3. The highest BCUT2D eigenvalue weighted by atomic mass is 35.5. The van der Waals surface area contributed by atoms with Gasteiger partial charge in [0.25, 0.3) is 5.91 Å². The van der Waals surface area contributed by atoms with Gasteiger partial charge in [-0.2, -0.15) is 0 Å². The molecule has 12 amide bonds. The zero-order valence-electron chi connectivity index (χ0n) is 60.0. The fourth-order valence-corrected chi connectivity index (χ4v) is 9.53. The standard InChI is InChI=1S/C63H99ClN12O31/c1-7-9-10-11-12-13-14-15-16-19-37(81)26-45(83)68-43-29-101-60(97)48(44(82)28-64)75-58(94)49(50(86)59(95)96)76-51(87)38(8-2)69-57(93)47(33(3)77)74-54(90)41(22-25-67-63(100)107-32-104-36(6)80)71-52(88)39(20-17-18-23-65-61(98)105-30-102-34(4)78)70-55(91)42(27-46(84)85)73-53(89)40(72-56(43)92)21-24-66-62(99)106-31-103-35(5)79/h8,33,37,39-44,47-50,77,81-82,86H,7,9-32H2,1-6H3,(H,65,98)(H,66,99)(H,67,100)(H,68,83)(H,69,93)(H,70,91)(H,71,88)(H,72,92)(H,73,89)(H,74,90)(H,75,94)(H,76,87)(H,84,85)(H,95,96)/b38-8-/t33?,37-,39+,40-,41+,42+,43+,44?,47+,48+,49+,50?/m1/s1. The Morgan fingerprint density at radius 1 is 0.533 bits per heavy atom. The monoisotopic (exact) mass is 1550 g/mol.